The molecule has 1 aliphatic rings. The first-order chi connectivity index (χ1) is 13.6. The molecule has 0 bridgehead atoms. The molecule has 4 rings (SSSR count). The maximum Gasteiger partial charge on any atom is 0.282 e. The quantitative estimate of drug-likeness (QED) is 0.492. The molecular formula is C22H15ClN2O2S. The number of carbonyl (C=O) groups is 2. The lowest BCUT2D eigenvalue weighted by molar-refractivity contribution is -0.117. The van der Waals surface area contributed by atoms with Crippen LogP contribution in [0.5, 0.6) is 0 Å². The Kier molecular flexibility index (Phi) is 5.19. The SMILES string of the molecule is O=C1NN(c2ccccc2)C(=O)/C1=C/c1ccccc1Sc1ccc(Cl)cc1. The monoisotopic (exact) mass is 406 g/mol. The number of hydrogen-bond donors (Lipinski definition) is 1. The van der Waals surface area contributed by atoms with Gasteiger partial charge in [0.15, 0.2) is 0 Å². The molecule has 1 saturated heterocycles. The Morgan fingerprint density at radius 3 is 2.29 bits per heavy atom. The van der Waals surface area contributed by atoms with Gasteiger partial charge in [0.05, 0.1) is 5.69 Å². The Hall–Kier alpha value is -3.02. The van der Waals surface area contributed by atoms with E-state index in [1.165, 1.54) is 5.01 Å². The van der Waals surface area contributed by atoms with Crippen LogP contribution in [0.4, 0.5) is 5.69 Å². The van der Waals surface area contributed by atoms with Crippen molar-refractivity contribution in [2.75, 3.05) is 5.01 Å². The van der Waals surface area contributed by atoms with E-state index < -0.39 is 5.91 Å². The second-order valence-corrected chi connectivity index (χ2v) is 7.62. The molecule has 0 spiro atoms. The highest BCUT2D eigenvalue weighted by Crippen LogP contribution is 2.33. The lowest BCUT2D eigenvalue weighted by Gasteiger charge is -2.13. The fourth-order valence-corrected chi connectivity index (χ4v) is 3.84. The van der Waals surface area contributed by atoms with Crippen molar-refractivity contribution in [3.63, 3.8) is 0 Å². The number of benzene rings is 3. The van der Waals surface area contributed by atoms with Crippen molar-refractivity contribution < 1.29 is 9.59 Å². The van der Waals surface area contributed by atoms with E-state index >= 15 is 0 Å². The molecule has 138 valence electrons. The van der Waals surface area contributed by atoms with Crippen LogP contribution in [0, 0.1) is 0 Å². The topological polar surface area (TPSA) is 49.4 Å². The summed E-state index contributed by atoms with van der Waals surface area (Å²) in [4.78, 5) is 27.2. The molecule has 0 aromatic heterocycles. The van der Waals surface area contributed by atoms with E-state index in [4.69, 9.17) is 11.6 Å². The zero-order valence-electron chi connectivity index (χ0n) is 14.6. The Labute approximate surface area is 171 Å². The van der Waals surface area contributed by atoms with E-state index in [1.807, 2.05) is 66.7 Å². The van der Waals surface area contributed by atoms with Gasteiger partial charge in [-0.05, 0) is 54.1 Å². The summed E-state index contributed by atoms with van der Waals surface area (Å²) in [5.41, 5.74) is 4.15. The number of amides is 2. The van der Waals surface area contributed by atoms with Gasteiger partial charge in [0.25, 0.3) is 11.8 Å². The summed E-state index contributed by atoms with van der Waals surface area (Å²) in [5, 5.41) is 1.94. The summed E-state index contributed by atoms with van der Waals surface area (Å²) >= 11 is 7.50. The van der Waals surface area contributed by atoms with Gasteiger partial charge in [-0.1, -0.05) is 59.8 Å². The van der Waals surface area contributed by atoms with Crippen LogP contribution in [-0.4, -0.2) is 11.8 Å². The van der Waals surface area contributed by atoms with Crippen molar-refractivity contribution in [1.82, 2.24) is 5.43 Å². The molecule has 0 aliphatic carbocycles. The number of hydrogen-bond acceptors (Lipinski definition) is 3. The first-order valence-electron chi connectivity index (χ1n) is 8.56. The summed E-state index contributed by atoms with van der Waals surface area (Å²) in [6, 6.07) is 24.2. The summed E-state index contributed by atoms with van der Waals surface area (Å²) in [6.07, 6.45) is 1.64. The maximum atomic E-state index is 12.8. The van der Waals surface area contributed by atoms with E-state index in [0.717, 1.165) is 15.4 Å². The van der Waals surface area contributed by atoms with Crippen LogP contribution in [-0.2, 0) is 9.59 Å². The zero-order valence-corrected chi connectivity index (χ0v) is 16.2. The van der Waals surface area contributed by atoms with Crippen LogP contribution in [0.3, 0.4) is 0 Å². The summed E-state index contributed by atoms with van der Waals surface area (Å²) < 4.78 is 0. The summed E-state index contributed by atoms with van der Waals surface area (Å²) in [6.45, 7) is 0. The minimum Gasteiger partial charge on any atom is -0.267 e. The van der Waals surface area contributed by atoms with E-state index in [-0.39, 0.29) is 11.5 Å². The normalized spacial score (nSPS) is 15.2. The van der Waals surface area contributed by atoms with Crippen LogP contribution >= 0.6 is 23.4 Å². The number of hydrazine groups is 1. The molecule has 4 nitrogen and oxygen atoms in total. The molecule has 0 atom stereocenters. The number of carbonyl (C=O) groups excluding carboxylic acids is 2. The Bertz CT molecular complexity index is 1070. The molecule has 28 heavy (non-hydrogen) atoms. The van der Waals surface area contributed by atoms with Crippen molar-refractivity contribution in [2.45, 2.75) is 9.79 Å². The molecule has 0 radical (unpaired) electrons. The Morgan fingerprint density at radius 1 is 0.857 bits per heavy atom. The lowest BCUT2D eigenvalue weighted by atomic mass is 10.1. The van der Waals surface area contributed by atoms with Crippen molar-refractivity contribution in [3.8, 4) is 0 Å². The van der Waals surface area contributed by atoms with Crippen molar-refractivity contribution in [1.29, 1.82) is 0 Å². The van der Waals surface area contributed by atoms with Crippen LogP contribution in [0.15, 0.2) is 94.2 Å². The van der Waals surface area contributed by atoms with Gasteiger partial charge in [0.1, 0.15) is 5.57 Å². The van der Waals surface area contributed by atoms with E-state index in [2.05, 4.69) is 5.43 Å². The van der Waals surface area contributed by atoms with Gasteiger partial charge < -0.3 is 0 Å². The number of para-hydroxylation sites is 1. The van der Waals surface area contributed by atoms with Gasteiger partial charge in [0, 0.05) is 14.8 Å². The van der Waals surface area contributed by atoms with Gasteiger partial charge in [-0.25, -0.2) is 5.01 Å². The summed E-state index contributed by atoms with van der Waals surface area (Å²) in [5.74, 6) is -0.789. The van der Waals surface area contributed by atoms with E-state index in [1.54, 1.807) is 30.0 Å². The largest absolute Gasteiger partial charge is 0.282 e. The molecule has 0 saturated carbocycles. The predicted molar refractivity (Wildman–Crippen MR) is 112 cm³/mol. The number of nitrogens with one attached hydrogen (secondary N) is 1. The Balaban J connectivity index is 1.65. The highest BCUT2D eigenvalue weighted by atomic mass is 35.5. The highest BCUT2D eigenvalue weighted by molar-refractivity contribution is 7.99. The van der Waals surface area contributed by atoms with E-state index in [9.17, 15) is 9.59 Å². The molecule has 1 fully saturated rings. The van der Waals surface area contributed by atoms with Crippen molar-refractivity contribution >= 4 is 46.9 Å². The second kappa shape index (κ2) is 7.92. The zero-order chi connectivity index (χ0) is 19.5. The van der Waals surface area contributed by atoms with Crippen LogP contribution < -0.4 is 10.4 Å². The first-order valence-corrected chi connectivity index (χ1v) is 9.76. The average Bonchev–Trinajstić information content (AvgIpc) is 3.00. The van der Waals surface area contributed by atoms with Crippen molar-refractivity contribution in [2.24, 2.45) is 0 Å². The van der Waals surface area contributed by atoms with Crippen molar-refractivity contribution in [3.05, 3.63) is 95.0 Å². The molecule has 0 unspecified atom stereocenters. The van der Waals surface area contributed by atoms with Gasteiger partial charge in [-0.2, -0.15) is 0 Å². The second-order valence-electron chi connectivity index (χ2n) is 6.07. The van der Waals surface area contributed by atoms with Gasteiger partial charge >= 0.3 is 0 Å². The van der Waals surface area contributed by atoms with Crippen LogP contribution in [0.2, 0.25) is 5.02 Å². The van der Waals surface area contributed by atoms with Crippen LogP contribution in [0.1, 0.15) is 5.56 Å². The molecule has 1 aliphatic heterocycles. The molecule has 1 N–H and O–H groups in total. The highest BCUT2D eigenvalue weighted by Gasteiger charge is 2.34. The number of nitrogens with zero attached hydrogens (tertiary/aromatic N) is 1. The predicted octanol–water partition coefficient (Wildman–Crippen LogP) is 4.95. The smallest absolute Gasteiger partial charge is 0.267 e. The molecule has 6 heteroatoms. The fraction of sp³-hybridized carbons (Fsp3) is 0. The van der Waals surface area contributed by atoms with E-state index in [0.29, 0.717) is 10.7 Å². The van der Waals surface area contributed by atoms with Gasteiger partial charge in [-0.15, -0.1) is 0 Å². The summed E-state index contributed by atoms with van der Waals surface area (Å²) in [7, 11) is 0. The first kappa shape index (κ1) is 18.3. The molecule has 3 aromatic rings. The average molecular weight is 407 g/mol. The third-order valence-electron chi connectivity index (χ3n) is 4.17. The number of rotatable bonds is 4. The van der Waals surface area contributed by atoms with Gasteiger partial charge in [-0.3, -0.25) is 15.0 Å². The minimum absolute atomic E-state index is 0.105. The van der Waals surface area contributed by atoms with Crippen LogP contribution in [0.25, 0.3) is 6.08 Å². The third-order valence-corrected chi connectivity index (χ3v) is 5.52. The lowest BCUT2D eigenvalue weighted by Crippen LogP contribution is -2.35. The fourth-order valence-electron chi connectivity index (χ4n) is 2.79. The maximum absolute atomic E-state index is 12.8. The minimum atomic E-state index is -0.417. The van der Waals surface area contributed by atoms with Gasteiger partial charge in [0.2, 0.25) is 0 Å². The third kappa shape index (κ3) is 3.81. The number of halogens is 1. The Morgan fingerprint density at radius 2 is 1.54 bits per heavy atom. The molecule has 1 heterocycles. The number of anilines is 1. The molecular weight excluding hydrogens is 392 g/mol. The standard InChI is InChI=1S/C22H15ClN2O2S/c23-16-10-12-18(13-11-16)28-20-9-5-4-6-15(20)14-19-21(26)24-25(22(19)27)17-7-2-1-3-8-17/h1-14H,(H,24,26)/b19-14+. The molecule has 2 amide bonds. The molecule has 3 aromatic carbocycles.